The minimum Gasteiger partial charge on any atom is -0.496 e. The van der Waals surface area contributed by atoms with E-state index >= 15 is 0 Å². The first-order chi connectivity index (χ1) is 17.5. The molecule has 3 aromatic carbocycles. The summed E-state index contributed by atoms with van der Waals surface area (Å²) in [5.41, 5.74) is 1.82. The van der Waals surface area contributed by atoms with E-state index in [1.165, 1.54) is 31.4 Å². The number of carbonyl (C=O) groups excluding carboxylic acids is 1. The van der Waals surface area contributed by atoms with Crippen LogP contribution < -0.4 is 9.46 Å². The van der Waals surface area contributed by atoms with Gasteiger partial charge in [0, 0.05) is 48.4 Å². The van der Waals surface area contributed by atoms with Crippen LogP contribution in [-0.2, 0) is 23.5 Å². The van der Waals surface area contributed by atoms with Crippen molar-refractivity contribution in [3.8, 4) is 5.75 Å². The zero-order valence-corrected chi connectivity index (χ0v) is 20.4. The zero-order chi connectivity index (χ0) is 26.9. The molecule has 0 saturated heterocycles. The summed E-state index contributed by atoms with van der Waals surface area (Å²) in [5, 5.41) is 22.7. The molecule has 0 spiro atoms. The average Bonchev–Trinajstić information content (AvgIpc) is 3.18. The van der Waals surface area contributed by atoms with Crippen LogP contribution in [0.25, 0.3) is 10.9 Å². The Morgan fingerprint density at radius 1 is 0.973 bits per heavy atom. The third-order valence-corrected chi connectivity index (χ3v) is 7.10. The third kappa shape index (κ3) is 5.11. The number of nitro groups is 2. The number of methoxy groups -OCH3 is 1. The van der Waals surface area contributed by atoms with E-state index in [9.17, 15) is 33.4 Å². The highest BCUT2D eigenvalue weighted by Crippen LogP contribution is 2.29. The maximum atomic E-state index is 13.0. The van der Waals surface area contributed by atoms with Crippen LogP contribution in [0.15, 0.2) is 71.8 Å². The molecule has 4 rings (SSSR count). The number of nitrogens with one attached hydrogen (secondary N) is 1. The lowest BCUT2D eigenvalue weighted by atomic mass is 10.0. The van der Waals surface area contributed by atoms with Gasteiger partial charge in [-0.2, -0.15) is 0 Å². The van der Waals surface area contributed by atoms with Crippen LogP contribution >= 0.6 is 0 Å². The largest absolute Gasteiger partial charge is 0.496 e. The number of fused-ring (bicyclic) bond motifs is 1. The number of aromatic nitrogens is 1. The average molecular weight is 525 g/mol. The Labute approximate surface area is 210 Å². The summed E-state index contributed by atoms with van der Waals surface area (Å²) in [6.07, 6.45) is 2.13. The molecule has 0 bridgehead atoms. The molecule has 37 heavy (non-hydrogen) atoms. The second kappa shape index (κ2) is 9.70. The molecule has 0 atom stereocenters. The topological polar surface area (TPSA) is 164 Å². The molecule has 0 radical (unpaired) electrons. The monoisotopic (exact) mass is 524 g/mol. The van der Waals surface area contributed by atoms with Gasteiger partial charge in [0.05, 0.1) is 27.4 Å². The lowest BCUT2D eigenvalue weighted by Gasteiger charge is -2.12. The third-order valence-electron chi connectivity index (χ3n) is 5.75. The van der Waals surface area contributed by atoms with Crippen molar-refractivity contribution < 1.29 is 27.8 Å². The molecule has 190 valence electrons. The number of nitrogens with zero attached hydrogens (tertiary/aromatic N) is 3. The zero-order valence-electron chi connectivity index (χ0n) is 19.6. The van der Waals surface area contributed by atoms with Crippen molar-refractivity contribution in [3.63, 3.8) is 0 Å². The molecule has 1 heterocycles. The van der Waals surface area contributed by atoms with Gasteiger partial charge in [0.15, 0.2) is 0 Å². The smallest absolute Gasteiger partial charge is 0.270 e. The number of hydrogen-bond acceptors (Lipinski definition) is 8. The Balaban J connectivity index is 1.64. The molecule has 1 amide bonds. The van der Waals surface area contributed by atoms with Gasteiger partial charge in [-0.1, -0.05) is 6.07 Å². The molecule has 0 saturated carbocycles. The van der Waals surface area contributed by atoms with E-state index in [0.29, 0.717) is 17.4 Å². The minimum atomic E-state index is -4.33. The first-order valence-corrected chi connectivity index (χ1v) is 12.2. The molecule has 0 aliphatic rings. The lowest BCUT2D eigenvalue weighted by Crippen LogP contribution is -2.31. The number of non-ortho nitro benzene ring substituents is 2. The standard InChI is InChI=1S/C24H20N4O8S/c1-26-14-16(20-13-18(28(32)33)6-9-22(20)26)11-15-3-10-23(36-2)21(12-15)24(29)25-37(34,35)19-7-4-17(5-8-19)27(30)31/h3-10,12-14H,11H2,1-2H3,(H,25,29). The van der Waals surface area contributed by atoms with E-state index in [-0.39, 0.29) is 27.6 Å². The molecule has 1 N–H and O–H groups in total. The first-order valence-electron chi connectivity index (χ1n) is 10.7. The Hall–Kier alpha value is -4.78. The van der Waals surface area contributed by atoms with E-state index in [4.69, 9.17) is 4.74 Å². The van der Waals surface area contributed by atoms with Gasteiger partial charge in [-0.15, -0.1) is 0 Å². The van der Waals surface area contributed by atoms with E-state index in [1.807, 2.05) is 22.5 Å². The first kappa shape index (κ1) is 25.3. The van der Waals surface area contributed by atoms with Gasteiger partial charge in [-0.3, -0.25) is 25.0 Å². The number of nitro benzene ring substituents is 2. The van der Waals surface area contributed by atoms with Gasteiger partial charge in [-0.25, -0.2) is 13.1 Å². The molecule has 0 unspecified atom stereocenters. The van der Waals surface area contributed by atoms with E-state index in [1.54, 1.807) is 12.1 Å². The second-order valence-electron chi connectivity index (χ2n) is 8.12. The molecule has 1 aromatic heterocycles. The molecular formula is C24H20N4O8S. The van der Waals surface area contributed by atoms with Crippen LogP contribution in [0.2, 0.25) is 0 Å². The maximum absolute atomic E-state index is 13.0. The fourth-order valence-electron chi connectivity index (χ4n) is 3.96. The maximum Gasteiger partial charge on any atom is 0.270 e. The molecule has 0 fully saturated rings. The van der Waals surface area contributed by atoms with Gasteiger partial charge < -0.3 is 9.30 Å². The number of hydrogen-bond donors (Lipinski definition) is 1. The molecule has 13 heteroatoms. The van der Waals surface area contributed by atoms with Crippen molar-refractivity contribution in [2.45, 2.75) is 11.3 Å². The van der Waals surface area contributed by atoms with Crippen molar-refractivity contribution in [3.05, 3.63) is 104 Å². The predicted molar refractivity (Wildman–Crippen MR) is 133 cm³/mol. The van der Waals surface area contributed by atoms with Crippen LogP contribution in [0.3, 0.4) is 0 Å². The van der Waals surface area contributed by atoms with Crippen molar-refractivity contribution in [2.75, 3.05) is 7.11 Å². The van der Waals surface area contributed by atoms with Gasteiger partial charge in [0.1, 0.15) is 5.75 Å². The van der Waals surface area contributed by atoms with Crippen LogP contribution in [0.4, 0.5) is 11.4 Å². The normalized spacial score (nSPS) is 11.3. The summed E-state index contributed by atoms with van der Waals surface area (Å²) in [4.78, 5) is 33.6. The predicted octanol–water partition coefficient (Wildman–Crippen LogP) is 3.71. The van der Waals surface area contributed by atoms with Gasteiger partial charge in [-0.05, 0) is 47.9 Å². The number of benzene rings is 3. The van der Waals surface area contributed by atoms with Gasteiger partial charge >= 0.3 is 0 Å². The number of rotatable bonds is 8. The number of ether oxygens (including phenoxy) is 1. The van der Waals surface area contributed by atoms with Crippen LogP contribution in [0, 0.1) is 20.2 Å². The molecular weight excluding hydrogens is 504 g/mol. The molecule has 0 aliphatic heterocycles. The summed E-state index contributed by atoms with van der Waals surface area (Å²) in [6.45, 7) is 0. The van der Waals surface area contributed by atoms with Crippen LogP contribution in [0.1, 0.15) is 21.5 Å². The summed E-state index contributed by atoms with van der Waals surface area (Å²) >= 11 is 0. The van der Waals surface area contributed by atoms with Crippen molar-refractivity contribution in [1.29, 1.82) is 0 Å². The van der Waals surface area contributed by atoms with E-state index in [2.05, 4.69) is 0 Å². The molecule has 4 aromatic rings. The Bertz CT molecular complexity index is 1660. The second-order valence-corrected chi connectivity index (χ2v) is 9.80. The summed E-state index contributed by atoms with van der Waals surface area (Å²) in [5.74, 6) is -0.820. The van der Waals surface area contributed by atoms with E-state index in [0.717, 1.165) is 35.3 Å². The van der Waals surface area contributed by atoms with Gasteiger partial charge in [0.25, 0.3) is 27.3 Å². The Morgan fingerprint density at radius 2 is 1.62 bits per heavy atom. The Kier molecular flexibility index (Phi) is 6.64. The molecule has 0 aliphatic carbocycles. The van der Waals surface area contributed by atoms with Crippen molar-refractivity contribution in [2.24, 2.45) is 7.05 Å². The van der Waals surface area contributed by atoms with Crippen LogP contribution in [-0.4, -0.2) is 35.8 Å². The number of sulfonamides is 1. The summed E-state index contributed by atoms with van der Waals surface area (Å²) in [6, 6.07) is 13.4. The highest BCUT2D eigenvalue weighted by molar-refractivity contribution is 7.90. The number of aryl methyl sites for hydroxylation is 1. The summed E-state index contributed by atoms with van der Waals surface area (Å²) < 4.78 is 34.5. The highest BCUT2D eigenvalue weighted by Gasteiger charge is 2.23. The van der Waals surface area contributed by atoms with E-state index < -0.39 is 25.8 Å². The van der Waals surface area contributed by atoms with Crippen molar-refractivity contribution >= 4 is 38.2 Å². The minimum absolute atomic E-state index is 0.0447. The quantitative estimate of drug-likeness (QED) is 0.269. The number of carbonyl (C=O) groups is 1. The lowest BCUT2D eigenvalue weighted by molar-refractivity contribution is -0.385. The van der Waals surface area contributed by atoms with Crippen molar-refractivity contribution in [1.82, 2.24) is 9.29 Å². The van der Waals surface area contributed by atoms with Crippen LogP contribution in [0.5, 0.6) is 5.75 Å². The SMILES string of the molecule is COc1ccc(Cc2cn(C)c3ccc([N+](=O)[O-])cc23)cc1C(=O)NS(=O)(=O)c1ccc([N+](=O)[O-])cc1. The number of amides is 1. The molecule has 12 nitrogen and oxygen atoms in total. The summed E-state index contributed by atoms with van der Waals surface area (Å²) in [7, 11) is -1.18. The fourth-order valence-corrected chi connectivity index (χ4v) is 4.93. The fraction of sp³-hybridized carbons (Fsp3) is 0.125. The Morgan fingerprint density at radius 3 is 2.24 bits per heavy atom. The van der Waals surface area contributed by atoms with Gasteiger partial charge in [0.2, 0.25) is 0 Å². The highest BCUT2D eigenvalue weighted by atomic mass is 32.2.